The molecule has 12 N–H and O–H groups in total. The minimum Gasteiger partial charge on any atom is -0.488 e. The molecular formula is C97H94BrClF18N6O6. The largest absolute Gasteiger partial charge is 0.488 e. The Kier molecular flexibility index (Phi) is 35.0. The highest BCUT2D eigenvalue weighted by atomic mass is 79.9. The SMILES string of the molecule is CCc1cccc(N)c1COc1ccc(C)cc1C(F)(F)F.Cc1ccc(OCc2c(C)cccc2N)c(C(F)(F)F)c1.Cc1ccc(OCc2c(C)cccc2N)c(C(F)(F)F)c1.Cc1ccc(OCc2c(N)cccc2Br)c(C(F)(F)F)c1.Cc1ccc(OCc2c(N)cccc2C2CC2)c(C(F)(F)F)c1.Cc1ccc(OCc2c(N)cccc2Cl)c(C(F)(F)F)c1. The van der Waals surface area contributed by atoms with E-state index in [-0.39, 0.29) is 74.1 Å². The summed E-state index contributed by atoms with van der Waals surface area (Å²) < 4.78 is 268. The molecule has 13 rings (SSSR count). The van der Waals surface area contributed by atoms with Gasteiger partial charge < -0.3 is 62.8 Å². The van der Waals surface area contributed by atoms with Gasteiger partial charge in [-0.25, -0.2) is 0 Å². The zero-order valence-corrected chi connectivity index (χ0v) is 73.5. The van der Waals surface area contributed by atoms with Crippen LogP contribution in [-0.2, 0) is 83.1 Å². The first-order valence-corrected chi connectivity index (χ1v) is 40.8. The molecular weight excluding hydrogens is 1800 g/mol. The second-order valence-corrected chi connectivity index (χ2v) is 31.4. The van der Waals surface area contributed by atoms with E-state index in [1.165, 1.54) is 36.4 Å². The van der Waals surface area contributed by atoms with Gasteiger partial charge in [-0.05, 0) is 224 Å². The lowest BCUT2D eigenvalue weighted by molar-refractivity contribution is -0.139. The van der Waals surface area contributed by atoms with Crippen LogP contribution in [0.2, 0.25) is 5.02 Å². The Morgan fingerprint density at radius 3 is 0.798 bits per heavy atom. The van der Waals surface area contributed by atoms with Crippen molar-refractivity contribution >= 4 is 61.7 Å². The summed E-state index contributed by atoms with van der Waals surface area (Å²) in [7, 11) is 0. The van der Waals surface area contributed by atoms with Gasteiger partial charge in [0.1, 0.15) is 74.1 Å². The van der Waals surface area contributed by atoms with Crippen molar-refractivity contribution in [3.63, 3.8) is 0 Å². The summed E-state index contributed by atoms with van der Waals surface area (Å²) in [4.78, 5) is 0. The van der Waals surface area contributed by atoms with E-state index in [0.717, 1.165) is 89.0 Å². The number of anilines is 6. The molecule has 0 saturated heterocycles. The van der Waals surface area contributed by atoms with Crippen molar-refractivity contribution in [3.8, 4) is 34.5 Å². The number of hydrogen-bond acceptors (Lipinski definition) is 12. The van der Waals surface area contributed by atoms with Gasteiger partial charge in [-0.3, -0.25) is 0 Å². The molecule has 1 saturated carbocycles. The third kappa shape index (κ3) is 29.6. The zero-order valence-electron chi connectivity index (χ0n) is 71.2. The molecule has 0 radical (unpaired) electrons. The van der Waals surface area contributed by atoms with Crippen molar-refractivity contribution in [3.05, 3.63) is 350 Å². The predicted molar refractivity (Wildman–Crippen MR) is 472 cm³/mol. The number of alkyl halides is 18. The minimum absolute atomic E-state index is 0.00461. The molecule has 0 bridgehead atoms. The topological polar surface area (TPSA) is 212 Å². The summed E-state index contributed by atoms with van der Waals surface area (Å²) in [6, 6.07) is 55.8. The van der Waals surface area contributed by atoms with Crippen LogP contribution in [0.25, 0.3) is 0 Å². The van der Waals surface area contributed by atoms with Gasteiger partial charge in [-0.1, -0.05) is 165 Å². The Morgan fingerprint density at radius 1 is 0.287 bits per heavy atom. The molecule has 1 fully saturated rings. The van der Waals surface area contributed by atoms with Crippen molar-refractivity contribution in [2.75, 3.05) is 34.4 Å². The first-order chi connectivity index (χ1) is 60.3. The van der Waals surface area contributed by atoms with Crippen molar-refractivity contribution < 1.29 is 107 Å². The Labute approximate surface area is 748 Å². The van der Waals surface area contributed by atoms with E-state index in [1.807, 2.05) is 57.2 Å². The molecule has 129 heavy (non-hydrogen) atoms. The molecule has 0 aromatic heterocycles. The third-order valence-electron chi connectivity index (χ3n) is 20.0. The molecule has 12 aromatic carbocycles. The van der Waals surface area contributed by atoms with Gasteiger partial charge in [-0.15, -0.1) is 0 Å². The molecule has 0 heterocycles. The molecule has 1 aliphatic rings. The number of nitrogen functional groups attached to an aromatic ring is 6. The first kappa shape index (κ1) is 102. The number of halogens is 20. The van der Waals surface area contributed by atoms with E-state index >= 15 is 0 Å². The van der Waals surface area contributed by atoms with Crippen molar-refractivity contribution in [2.45, 2.75) is 164 Å². The molecule has 0 aliphatic heterocycles. The van der Waals surface area contributed by atoms with E-state index < -0.39 is 70.4 Å². The van der Waals surface area contributed by atoms with E-state index in [0.29, 0.717) is 105 Å². The van der Waals surface area contributed by atoms with Gasteiger partial charge in [0.2, 0.25) is 0 Å². The number of benzene rings is 12. The van der Waals surface area contributed by atoms with Gasteiger partial charge in [0.25, 0.3) is 0 Å². The van der Waals surface area contributed by atoms with Gasteiger partial charge >= 0.3 is 37.1 Å². The summed E-state index contributed by atoms with van der Waals surface area (Å²) in [6.45, 7) is 15.2. The maximum Gasteiger partial charge on any atom is 0.419 e. The monoisotopic (exact) mass is 1890 g/mol. The Hall–Kier alpha value is -12.3. The van der Waals surface area contributed by atoms with E-state index in [1.54, 1.807) is 151 Å². The van der Waals surface area contributed by atoms with Gasteiger partial charge in [0.05, 0.1) is 33.4 Å². The number of rotatable bonds is 20. The summed E-state index contributed by atoms with van der Waals surface area (Å²) in [5, 5.41) is 0.357. The lowest BCUT2D eigenvalue weighted by Gasteiger charge is -2.17. The molecule has 32 heteroatoms. The second kappa shape index (κ2) is 44.2. The lowest BCUT2D eigenvalue weighted by atomic mass is 10.0. The smallest absolute Gasteiger partial charge is 0.419 e. The average Bonchev–Trinajstić information content (AvgIpc) is 1.80. The summed E-state index contributed by atoms with van der Waals surface area (Å²) in [6.07, 6.45) is -23.8. The average molecular weight is 1900 g/mol. The molecule has 0 amide bonds. The van der Waals surface area contributed by atoms with Crippen LogP contribution in [0.1, 0.15) is 148 Å². The van der Waals surface area contributed by atoms with Gasteiger partial charge in [0, 0.05) is 77.0 Å². The van der Waals surface area contributed by atoms with Crippen molar-refractivity contribution in [1.82, 2.24) is 0 Å². The third-order valence-corrected chi connectivity index (χ3v) is 21.1. The van der Waals surface area contributed by atoms with Crippen molar-refractivity contribution in [2.24, 2.45) is 0 Å². The number of aryl methyl sites for hydroxylation is 9. The van der Waals surface area contributed by atoms with Crippen LogP contribution >= 0.6 is 27.5 Å². The normalized spacial score (nSPS) is 12.1. The summed E-state index contributed by atoms with van der Waals surface area (Å²) >= 11 is 9.28. The molecule has 688 valence electrons. The zero-order chi connectivity index (χ0) is 95.4. The predicted octanol–water partition coefficient (Wildman–Crippen LogP) is 28.5. The fraction of sp³-hybridized carbons (Fsp3) is 0.258. The fourth-order valence-corrected chi connectivity index (χ4v) is 13.6. The number of nitrogens with two attached hydrogens (primary N) is 6. The van der Waals surface area contributed by atoms with Crippen LogP contribution in [0.3, 0.4) is 0 Å². The fourth-order valence-electron chi connectivity index (χ4n) is 12.9. The van der Waals surface area contributed by atoms with Crippen LogP contribution in [0, 0.1) is 55.4 Å². The maximum absolute atomic E-state index is 13.1. The highest BCUT2D eigenvalue weighted by molar-refractivity contribution is 9.10. The van der Waals surface area contributed by atoms with Crippen LogP contribution in [0.4, 0.5) is 113 Å². The molecule has 0 unspecified atom stereocenters. The lowest BCUT2D eigenvalue weighted by Crippen LogP contribution is -2.10. The summed E-state index contributed by atoms with van der Waals surface area (Å²) in [5.41, 5.74) is 44.4. The van der Waals surface area contributed by atoms with Gasteiger partial charge in [0.15, 0.2) is 0 Å². The van der Waals surface area contributed by atoms with E-state index in [9.17, 15) is 79.0 Å². The van der Waals surface area contributed by atoms with Crippen molar-refractivity contribution in [1.29, 1.82) is 0 Å². The van der Waals surface area contributed by atoms with Crippen LogP contribution in [0.5, 0.6) is 34.5 Å². The van der Waals surface area contributed by atoms with Crippen LogP contribution in [0.15, 0.2) is 223 Å². The highest BCUT2D eigenvalue weighted by Crippen LogP contribution is 2.47. The molecule has 0 atom stereocenters. The standard InChI is InChI=1S/C18H18F3NO.C17H18F3NO.2C16H16F3NO.C15H13BrF3NO.C15H13ClF3NO/c1-11-5-8-17(15(9-11)18(19,20)21)23-10-14-13(12-6-7-12)3-2-4-16(14)22;1-3-12-5-4-6-15(21)13(12)10-22-16-8-7-11(2)9-14(16)17(18,19)20;2*1-10-6-7-15(13(8-10)16(17,18)19)21-9-12-11(2)4-3-5-14(12)20;2*1-9-5-6-14(11(7-9)15(17,18)19)21-8-10-12(16)3-2-4-13(10)20/h2-5,8-9,12H,6-7,10,22H2,1H3;4-9H,3,10,21H2,1-2H3;2*3-8H,9,20H2,1-2H3;2*2-7H,8,20H2,1H3. The maximum atomic E-state index is 13.1. The molecule has 1 aliphatic carbocycles. The Morgan fingerprint density at radius 2 is 0.519 bits per heavy atom. The Balaban J connectivity index is 0.000000191. The quantitative estimate of drug-likeness (QED) is 0.0311. The molecule has 0 spiro atoms. The number of ether oxygens (including phenoxy) is 6. The second-order valence-electron chi connectivity index (χ2n) is 30.1. The Bertz CT molecular complexity index is 5280. The number of hydrogen-bond donors (Lipinski definition) is 6. The van der Waals surface area contributed by atoms with Crippen LogP contribution < -0.4 is 62.8 Å². The van der Waals surface area contributed by atoms with Crippen LogP contribution in [-0.4, -0.2) is 0 Å². The van der Waals surface area contributed by atoms with E-state index in [4.69, 9.17) is 74.4 Å². The molecule has 12 aromatic rings. The highest BCUT2D eigenvalue weighted by Gasteiger charge is 2.40. The molecule has 12 nitrogen and oxygen atoms in total. The first-order valence-electron chi connectivity index (χ1n) is 39.6. The minimum atomic E-state index is -4.48. The summed E-state index contributed by atoms with van der Waals surface area (Å²) in [5.74, 6) is -0.698. The van der Waals surface area contributed by atoms with Gasteiger partial charge in [-0.2, -0.15) is 79.0 Å². The van der Waals surface area contributed by atoms with E-state index in [2.05, 4.69) is 15.9 Å².